The zero-order chi connectivity index (χ0) is 12.1. The van der Waals surface area contributed by atoms with Gasteiger partial charge in [0.25, 0.3) is 0 Å². The van der Waals surface area contributed by atoms with E-state index < -0.39 is 0 Å². The summed E-state index contributed by atoms with van der Waals surface area (Å²) in [6.07, 6.45) is 8.34. The zero-order valence-corrected chi connectivity index (χ0v) is 10.6. The second-order valence-corrected chi connectivity index (χ2v) is 5.00. The first kappa shape index (κ1) is 12.6. The van der Waals surface area contributed by atoms with Crippen LogP contribution in [-0.2, 0) is 13.1 Å². The maximum atomic E-state index is 9.70. The van der Waals surface area contributed by atoms with E-state index in [1.165, 1.54) is 12.0 Å². The number of aryl methyl sites for hydroxylation is 1. The highest BCUT2D eigenvalue weighted by Gasteiger charge is 2.24. The van der Waals surface area contributed by atoms with Gasteiger partial charge in [0.15, 0.2) is 0 Å². The Labute approximate surface area is 103 Å². The van der Waals surface area contributed by atoms with E-state index in [-0.39, 0.29) is 6.10 Å². The summed E-state index contributed by atoms with van der Waals surface area (Å²) in [5.41, 5.74) is 1.23. The fourth-order valence-electron chi connectivity index (χ4n) is 2.51. The molecule has 0 spiro atoms. The zero-order valence-electron chi connectivity index (χ0n) is 10.6. The second kappa shape index (κ2) is 6.17. The standard InChI is InChI=1S/C13H23N3O/c1-2-6-16-10-11(8-15-16)7-14-9-12-4-3-5-13(12)17/h8,10,12-14,17H,2-7,9H2,1H3. The van der Waals surface area contributed by atoms with Gasteiger partial charge in [0.05, 0.1) is 12.3 Å². The molecule has 0 saturated heterocycles. The van der Waals surface area contributed by atoms with E-state index in [2.05, 4.69) is 23.5 Å². The predicted molar refractivity (Wildman–Crippen MR) is 67.6 cm³/mol. The minimum absolute atomic E-state index is 0.0923. The predicted octanol–water partition coefficient (Wildman–Crippen LogP) is 1.54. The summed E-state index contributed by atoms with van der Waals surface area (Å²) in [5.74, 6) is 0.445. The first-order chi connectivity index (χ1) is 8.29. The van der Waals surface area contributed by atoms with E-state index >= 15 is 0 Å². The molecular formula is C13H23N3O. The maximum absolute atomic E-state index is 9.70. The van der Waals surface area contributed by atoms with E-state index in [0.29, 0.717) is 5.92 Å². The van der Waals surface area contributed by atoms with Gasteiger partial charge in [-0.2, -0.15) is 5.10 Å². The van der Waals surface area contributed by atoms with Gasteiger partial charge in [0.2, 0.25) is 0 Å². The van der Waals surface area contributed by atoms with Gasteiger partial charge in [-0.15, -0.1) is 0 Å². The van der Waals surface area contributed by atoms with Crippen molar-refractivity contribution in [2.24, 2.45) is 5.92 Å². The molecule has 2 atom stereocenters. The van der Waals surface area contributed by atoms with Crippen LogP contribution in [0.5, 0.6) is 0 Å². The third-order valence-corrected chi connectivity index (χ3v) is 3.49. The van der Waals surface area contributed by atoms with Gasteiger partial charge in [0, 0.05) is 31.4 Å². The molecule has 1 aromatic heterocycles. The van der Waals surface area contributed by atoms with Crippen LogP contribution in [0, 0.1) is 5.92 Å². The van der Waals surface area contributed by atoms with Crippen LogP contribution in [0.25, 0.3) is 0 Å². The van der Waals surface area contributed by atoms with Crippen LogP contribution in [0.1, 0.15) is 38.2 Å². The van der Waals surface area contributed by atoms with Crippen LogP contribution in [0.2, 0.25) is 0 Å². The summed E-state index contributed by atoms with van der Waals surface area (Å²) < 4.78 is 1.99. The normalized spacial score (nSPS) is 24.4. The lowest BCUT2D eigenvalue weighted by molar-refractivity contribution is 0.131. The molecule has 2 unspecified atom stereocenters. The van der Waals surface area contributed by atoms with E-state index in [1.807, 2.05) is 10.9 Å². The average Bonchev–Trinajstić information content (AvgIpc) is 2.90. The Balaban J connectivity index is 1.70. The number of aliphatic hydroxyl groups excluding tert-OH is 1. The summed E-state index contributed by atoms with van der Waals surface area (Å²) in [5, 5.41) is 17.4. The van der Waals surface area contributed by atoms with Crippen LogP contribution < -0.4 is 5.32 Å². The summed E-state index contributed by atoms with van der Waals surface area (Å²) in [7, 11) is 0. The Morgan fingerprint density at radius 2 is 2.41 bits per heavy atom. The SMILES string of the molecule is CCCn1cc(CNCC2CCCC2O)cn1. The molecule has 2 N–H and O–H groups in total. The van der Waals surface area contributed by atoms with Crippen molar-refractivity contribution in [1.82, 2.24) is 15.1 Å². The van der Waals surface area contributed by atoms with Gasteiger partial charge < -0.3 is 10.4 Å². The lowest BCUT2D eigenvalue weighted by Crippen LogP contribution is -2.27. The van der Waals surface area contributed by atoms with E-state index in [4.69, 9.17) is 0 Å². The molecule has 1 fully saturated rings. The van der Waals surface area contributed by atoms with Crippen molar-refractivity contribution in [3.63, 3.8) is 0 Å². The molecule has 0 amide bonds. The quantitative estimate of drug-likeness (QED) is 0.789. The number of rotatable bonds is 6. The van der Waals surface area contributed by atoms with Crippen LogP contribution in [0.3, 0.4) is 0 Å². The molecular weight excluding hydrogens is 214 g/mol. The van der Waals surface area contributed by atoms with Crippen molar-refractivity contribution in [3.05, 3.63) is 18.0 Å². The molecule has 17 heavy (non-hydrogen) atoms. The third kappa shape index (κ3) is 3.54. The highest BCUT2D eigenvalue weighted by atomic mass is 16.3. The van der Waals surface area contributed by atoms with Crippen LogP contribution in [0.15, 0.2) is 12.4 Å². The Kier molecular flexibility index (Phi) is 4.57. The fraction of sp³-hybridized carbons (Fsp3) is 0.769. The molecule has 1 saturated carbocycles. The van der Waals surface area contributed by atoms with Crippen molar-refractivity contribution < 1.29 is 5.11 Å². The lowest BCUT2D eigenvalue weighted by Gasteiger charge is -2.14. The number of hydrogen-bond donors (Lipinski definition) is 2. The molecule has 0 radical (unpaired) electrons. The molecule has 1 aliphatic rings. The van der Waals surface area contributed by atoms with Crippen LogP contribution in [0.4, 0.5) is 0 Å². The topological polar surface area (TPSA) is 50.1 Å². The summed E-state index contributed by atoms with van der Waals surface area (Å²) >= 11 is 0. The Morgan fingerprint density at radius 1 is 1.53 bits per heavy atom. The van der Waals surface area contributed by atoms with Gasteiger partial charge in [-0.3, -0.25) is 4.68 Å². The average molecular weight is 237 g/mol. The van der Waals surface area contributed by atoms with Crippen LogP contribution in [-0.4, -0.2) is 27.5 Å². The molecule has 0 aliphatic heterocycles. The third-order valence-electron chi connectivity index (χ3n) is 3.49. The van der Waals surface area contributed by atoms with E-state index in [9.17, 15) is 5.11 Å². The van der Waals surface area contributed by atoms with E-state index in [1.54, 1.807) is 0 Å². The molecule has 1 aromatic rings. The molecule has 2 rings (SSSR count). The Morgan fingerprint density at radius 3 is 3.12 bits per heavy atom. The van der Waals surface area contributed by atoms with Gasteiger partial charge in [-0.05, 0) is 25.2 Å². The smallest absolute Gasteiger partial charge is 0.0580 e. The van der Waals surface area contributed by atoms with Gasteiger partial charge in [0.1, 0.15) is 0 Å². The largest absolute Gasteiger partial charge is 0.393 e. The Bertz CT molecular complexity index is 337. The second-order valence-electron chi connectivity index (χ2n) is 5.00. The monoisotopic (exact) mass is 237 g/mol. The van der Waals surface area contributed by atoms with Gasteiger partial charge in [-0.1, -0.05) is 13.3 Å². The summed E-state index contributed by atoms with van der Waals surface area (Å²) in [6.45, 7) is 4.91. The van der Waals surface area contributed by atoms with Crippen molar-refractivity contribution in [2.45, 2.75) is 51.8 Å². The summed E-state index contributed by atoms with van der Waals surface area (Å²) in [4.78, 5) is 0. The fourth-order valence-corrected chi connectivity index (χ4v) is 2.51. The number of hydrogen-bond acceptors (Lipinski definition) is 3. The maximum Gasteiger partial charge on any atom is 0.0580 e. The summed E-state index contributed by atoms with van der Waals surface area (Å²) in [6, 6.07) is 0. The lowest BCUT2D eigenvalue weighted by atomic mass is 10.1. The van der Waals surface area contributed by atoms with Crippen molar-refractivity contribution in [2.75, 3.05) is 6.54 Å². The van der Waals surface area contributed by atoms with E-state index in [0.717, 1.165) is 38.9 Å². The van der Waals surface area contributed by atoms with Crippen molar-refractivity contribution in [3.8, 4) is 0 Å². The van der Waals surface area contributed by atoms with Crippen molar-refractivity contribution >= 4 is 0 Å². The molecule has 1 heterocycles. The number of aromatic nitrogens is 2. The Hall–Kier alpha value is -0.870. The molecule has 4 nitrogen and oxygen atoms in total. The van der Waals surface area contributed by atoms with Gasteiger partial charge in [-0.25, -0.2) is 0 Å². The number of nitrogens with zero attached hydrogens (tertiary/aromatic N) is 2. The molecule has 0 bridgehead atoms. The molecule has 4 heteroatoms. The first-order valence-electron chi connectivity index (χ1n) is 6.69. The first-order valence-corrected chi connectivity index (χ1v) is 6.69. The number of nitrogens with one attached hydrogen (secondary N) is 1. The molecule has 96 valence electrons. The van der Waals surface area contributed by atoms with Crippen LogP contribution >= 0.6 is 0 Å². The minimum atomic E-state index is -0.0923. The van der Waals surface area contributed by atoms with Crippen molar-refractivity contribution in [1.29, 1.82) is 0 Å². The minimum Gasteiger partial charge on any atom is -0.393 e. The molecule has 1 aliphatic carbocycles. The highest BCUT2D eigenvalue weighted by Crippen LogP contribution is 2.24. The molecule has 0 aromatic carbocycles. The number of aliphatic hydroxyl groups is 1. The van der Waals surface area contributed by atoms with Gasteiger partial charge >= 0.3 is 0 Å². The highest BCUT2D eigenvalue weighted by molar-refractivity contribution is 5.03.